The zero-order valence-electron chi connectivity index (χ0n) is 35.3. The van der Waals surface area contributed by atoms with E-state index >= 15 is 0 Å². The number of anilines is 1. The maximum Gasteiger partial charge on any atom is 0.297 e. The number of imidazole rings is 1. The number of hydrogen-bond acceptors (Lipinski definition) is 10. The molecule has 0 bridgehead atoms. The van der Waals surface area contributed by atoms with Crippen molar-refractivity contribution in [1.82, 2.24) is 29.5 Å². The van der Waals surface area contributed by atoms with Gasteiger partial charge in [-0.2, -0.15) is 4.98 Å². The van der Waals surface area contributed by atoms with Crippen molar-refractivity contribution >= 4 is 55.8 Å². The fourth-order valence-electron chi connectivity index (χ4n) is 9.50. The van der Waals surface area contributed by atoms with Gasteiger partial charge in [0.1, 0.15) is 34.3 Å². The van der Waals surface area contributed by atoms with E-state index in [9.17, 15) is 22.8 Å². The van der Waals surface area contributed by atoms with Crippen LogP contribution in [0, 0.1) is 5.92 Å². The predicted octanol–water partition coefficient (Wildman–Crippen LogP) is 7.62. The number of ether oxygens (including phenoxy) is 1. The molecule has 324 valence electrons. The molecule has 9 rings (SSSR count). The SMILES string of the molecule is CC(C)n1c(O[C@@H]2C[C@H]3C(=O)N[C@]4(C(=O)NS(=O)(=O)C5(C)CC5)C[C@H]4/C=C\CCCCC[C@H](Nc4ccccc4)C(=O)N3C2)nc2c(-c3nc(C4CCCC4)cs3)cccc21. The number of allylic oxidation sites excluding steroid dienone is 1. The number of nitrogens with one attached hydrogen (secondary N) is 3. The molecule has 3 saturated carbocycles. The Labute approximate surface area is 362 Å². The lowest BCUT2D eigenvalue weighted by atomic mass is 10.0. The lowest BCUT2D eigenvalue weighted by Gasteiger charge is -2.30. The van der Waals surface area contributed by atoms with Crippen LogP contribution in [0.1, 0.15) is 122 Å². The zero-order valence-corrected chi connectivity index (χ0v) is 36.9. The summed E-state index contributed by atoms with van der Waals surface area (Å²) >= 11 is 1.64. The maximum absolute atomic E-state index is 14.9. The number of fused-ring (bicyclic) bond motifs is 3. The molecule has 0 radical (unpaired) electrons. The van der Waals surface area contributed by atoms with Gasteiger partial charge in [-0.05, 0) is 96.4 Å². The minimum absolute atomic E-state index is 0.0238. The van der Waals surface area contributed by atoms with Crippen LogP contribution in [0.15, 0.2) is 66.1 Å². The smallest absolute Gasteiger partial charge is 0.297 e. The molecule has 3 aliphatic carbocycles. The van der Waals surface area contributed by atoms with Crippen LogP contribution < -0.4 is 20.1 Å². The van der Waals surface area contributed by atoms with Crippen LogP contribution in [0.5, 0.6) is 6.01 Å². The number of sulfonamides is 1. The fourth-order valence-corrected chi connectivity index (χ4v) is 11.7. The van der Waals surface area contributed by atoms with Crippen molar-refractivity contribution < 1.29 is 27.5 Å². The molecule has 0 spiro atoms. The van der Waals surface area contributed by atoms with E-state index in [4.69, 9.17) is 14.7 Å². The number of amides is 3. The number of rotatable bonds is 10. The van der Waals surface area contributed by atoms with Crippen molar-refractivity contribution in [2.75, 3.05) is 11.9 Å². The number of carbonyl (C=O) groups is 3. The average molecular weight is 868 g/mol. The summed E-state index contributed by atoms with van der Waals surface area (Å²) < 4.78 is 36.8. The minimum Gasteiger partial charge on any atom is -0.459 e. The Morgan fingerprint density at radius 2 is 1.75 bits per heavy atom. The molecular weight excluding hydrogens is 811 g/mol. The highest BCUT2D eigenvalue weighted by Crippen LogP contribution is 2.48. The van der Waals surface area contributed by atoms with Gasteiger partial charge in [0, 0.05) is 40.9 Å². The number of carbonyl (C=O) groups excluding carboxylic acids is 3. The molecule has 15 heteroatoms. The van der Waals surface area contributed by atoms with Crippen LogP contribution >= 0.6 is 11.3 Å². The quantitative estimate of drug-likeness (QED) is 0.136. The van der Waals surface area contributed by atoms with Crippen LogP contribution in [0.25, 0.3) is 21.6 Å². The molecule has 5 atom stereocenters. The lowest BCUT2D eigenvalue weighted by molar-refractivity contribution is -0.140. The standard InChI is InChI=1S/C46H57N7O6S2/c1-29(2)53-37-22-14-20-34(41-48-36(28-60-41)30-15-12-13-16-30)39(37)49-44(53)59-33-25-38-40(54)50-46(43(56)51-61(57,58)45(3)23-24-45)26-31(46)17-8-5-4-6-11-21-35(42(55)52(38)27-33)47-32-18-9-7-10-19-32/h7-10,14,17-20,22,28-31,33,35,38,47H,4-6,11-13,15-16,21,23-27H2,1-3H3,(H,50,54)(H,51,56)/b17-8-/t31-,33-,35+,38+,46-/m1/s1. The third-order valence-corrected chi connectivity index (χ3v) is 16.6. The molecular formula is C46H57N7O6S2. The first-order valence-electron chi connectivity index (χ1n) is 22.2. The number of thiazole rings is 1. The summed E-state index contributed by atoms with van der Waals surface area (Å²) in [4.78, 5) is 55.4. The molecule has 5 aliphatic rings. The van der Waals surface area contributed by atoms with Crippen molar-refractivity contribution in [3.8, 4) is 16.6 Å². The van der Waals surface area contributed by atoms with E-state index in [2.05, 4.69) is 45.2 Å². The number of hydrogen-bond donors (Lipinski definition) is 3. The number of para-hydroxylation sites is 2. The molecule has 3 amide bonds. The normalized spacial score (nSPS) is 27.4. The van der Waals surface area contributed by atoms with E-state index in [1.165, 1.54) is 25.7 Å². The molecule has 1 saturated heterocycles. The topological polar surface area (TPSA) is 165 Å². The molecule has 2 aromatic carbocycles. The molecule has 3 N–H and O–H groups in total. The van der Waals surface area contributed by atoms with Gasteiger partial charge in [-0.1, -0.05) is 62.1 Å². The summed E-state index contributed by atoms with van der Waals surface area (Å²) in [5, 5.41) is 9.57. The van der Waals surface area contributed by atoms with Crippen LogP contribution in [-0.2, 0) is 24.4 Å². The Bertz CT molecular complexity index is 2440. The first-order chi connectivity index (χ1) is 29.4. The molecule has 4 heterocycles. The van der Waals surface area contributed by atoms with Crippen LogP contribution in [0.2, 0.25) is 0 Å². The highest BCUT2D eigenvalue weighted by molar-refractivity contribution is 7.91. The Morgan fingerprint density at radius 1 is 0.984 bits per heavy atom. The first kappa shape index (κ1) is 41.6. The third-order valence-electron chi connectivity index (χ3n) is 13.6. The molecule has 2 aliphatic heterocycles. The van der Waals surface area contributed by atoms with Gasteiger partial charge in [0.15, 0.2) is 0 Å². The maximum atomic E-state index is 14.9. The number of nitrogens with zero attached hydrogens (tertiary/aromatic N) is 4. The Morgan fingerprint density at radius 3 is 2.51 bits per heavy atom. The van der Waals surface area contributed by atoms with Gasteiger partial charge in [-0.3, -0.25) is 23.7 Å². The number of benzene rings is 2. The van der Waals surface area contributed by atoms with Gasteiger partial charge in [0.05, 0.1) is 22.5 Å². The van der Waals surface area contributed by atoms with Gasteiger partial charge < -0.3 is 20.3 Å². The van der Waals surface area contributed by atoms with Gasteiger partial charge in [0.25, 0.3) is 11.9 Å². The third kappa shape index (κ3) is 8.19. The molecule has 4 aromatic rings. The van der Waals surface area contributed by atoms with Gasteiger partial charge in [0.2, 0.25) is 21.8 Å². The van der Waals surface area contributed by atoms with E-state index in [1.807, 2.05) is 54.6 Å². The summed E-state index contributed by atoms with van der Waals surface area (Å²) in [5.74, 6) is -1.38. The first-order valence-corrected chi connectivity index (χ1v) is 24.5. The van der Waals surface area contributed by atoms with E-state index in [0.29, 0.717) is 31.2 Å². The average Bonchev–Trinajstić information content (AvgIpc) is 3.72. The van der Waals surface area contributed by atoms with Crippen molar-refractivity contribution in [3.63, 3.8) is 0 Å². The second-order valence-corrected chi connectivity index (χ2v) is 21.4. The van der Waals surface area contributed by atoms with Crippen LogP contribution in [-0.4, -0.2) is 80.6 Å². The Kier molecular flexibility index (Phi) is 11.2. The summed E-state index contributed by atoms with van der Waals surface area (Å²) in [5.41, 5.74) is 3.12. The van der Waals surface area contributed by atoms with Crippen LogP contribution in [0.4, 0.5) is 5.69 Å². The second kappa shape index (κ2) is 16.5. The van der Waals surface area contributed by atoms with E-state index in [-0.39, 0.29) is 37.3 Å². The number of aromatic nitrogens is 3. The van der Waals surface area contributed by atoms with Crippen LogP contribution in [0.3, 0.4) is 0 Å². The molecule has 0 unspecified atom stereocenters. The second-order valence-electron chi connectivity index (χ2n) is 18.4. The van der Waals surface area contributed by atoms with E-state index < -0.39 is 50.3 Å². The lowest BCUT2D eigenvalue weighted by Crippen LogP contribution is -2.58. The van der Waals surface area contributed by atoms with Gasteiger partial charge >= 0.3 is 0 Å². The Hall–Kier alpha value is -4.76. The fraction of sp³-hybridized carbons (Fsp3) is 0.543. The van der Waals surface area contributed by atoms with E-state index in [1.54, 1.807) is 23.2 Å². The molecule has 4 fully saturated rings. The Balaban J connectivity index is 1.04. The van der Waals surface area contributed by atoms with Gasteiger partial charge in [-0.25, -0.2) is 13.4 Å². The summed E-state index contributed by atoms with van der Waals surface area (Å²) in [6.45, 7) is 5.89. The zero-order chi connectivity index (χ0) is 42.5. The summed E-state index contributed by atoms with van der Waals surface area (Å²) in [6, 6.07) is 14.5. The van der Waals surface area contributed by atoms with Crippen molar-refractivity contribution in [2.45, 2.75) is 145 Å². The monoisotopic (exact) mass is 867 g/mol. The van der Waals surface area contributed by atoms with Crippen molar-refractivity contribution in [2.24, 2.45) is 5.92 Å². The van der Waals surface area contributed by atoms with Crippen molar-refractivity contribution in [3.05, 3.63) is 71.8 Å². The van der Waals surface area contributed by atoms with Gasteiger partial charge in [-0.15, -0.1) is 11.3 Å². The minimum atomic E-state index is -3.96. The highest BCUT2D eigenvalue weighted by Gasteiger charge is 2.63. The largest absolute Gasteiger partial charge is 0.459 e. The predicted molar refractivity (Wildman–Crippen MR) is 237 cm³/mol. The van der Waals surface area contributed by atoms with Crippen molar-refractivity contribution in [1.29, 1.82) is 0 Å². The molecule has 13 nitrogen and oxygen atoms in total. The highest BCUT2D eigenvalue weighted by atomic mass is 32.2. The molecule has 2 aromatic heterocycles. The molecule has 61 heavy (non-hydrogen) atoms. The summed E-state index contributed by atoms with van der Waals surface area (Å²) in [7, 11) is -3.96. The van der Waals surface area contributed by atoms with E-state index in [0.717, 1.165) is 58.7 Å². The summed E-state index contributed by atoms with van der Waals surface area (Å²) in [6.07, 6.45) is 13.4.